The molecule has 3 amide bonds. The molecule has 0 bridgehead atoms. The van der Waals surface area contributed by atoms with Crippen molar-refractivity contribution in [1.82, 2.24) is 34.6 Å². The Bertz CT molecular complexity index is 2660. The molecule has 2 aromatic heterocycles. The van der Waals surface area contributed by atoms with Gasteiger partial charge in [0.15, 0.2) is 21.3 Å². The van der Waals surface area contributed by atoms with Crippen molar-refractivity contribution in [2.45, 2.75) is 134 Å². The van der Waals surface area contributed by atoms with Crippen LogP contribution < -0.4 is 50.1 Å². The van der Waals surface area contributed by atoms with Gasteiger partial charge in [-0.15, -0.1) is 0 Å². The number of amides is 3. The number of halogens is 3. The van der Waals surface area contributed by atoms with Gasteiger partial charge < -0.3 is 53.7 Å². The van der Waals surface area contributed by atoms with Crippen molar-refractivity contribution < 1.29 is 121 Å². The Morgan fingerprint density at radius 1 is 0.747 bits per heavy atom. The molecule has 0 spiro atoms. The maximum absolute atomic E-state index is 12.6. The van der Waals surface area contributed by atoms with Gasteiger partial charge in [-0.3, -0.25) is 28.9 Å². The van der Waals surface area contributed by atoms with E-state index in [-0.39, 0.29) is 108 Å². The van der Waals surface area contributed by atoms with Gasteiger partial charge in [-0.1, -0.05) is 35.3 Å². The van der Waals surface area contributed by atoms with Gasteiger partial charge in [0.25, 0.3) is 5.56 Å². The first-order valence-electron chi connectivity index (χ1n) is 22.8. The number of aromatic amines is 1. The van der Waals surface area contributed by atoms with E-state index in [1.807, 2.05) is 27.0 Å². The number of esters is 1. The van der Waals surface area contributed by atoms with E-state index in [0.717, 1.165) is 18.9 Å². The number of alkyl halides is 3. The zero-order chi connectivity index (χ0) is 60.9. The summed E-state index contributed by atoms with van der Waals surface area (Å²) in [6.45, 7) is 18.9. The molecule has 0 saturated carbocycles. The Kier molecular flexibility index (Phi) is 32.7. The van der Waals surface area contributed by atoms with Crippen LogP contribution in [0.3, 0.4) is 0 Å². The van der Waals surface area contributed by atoms with Crippen LogP contribution in [0.15, 0.2) is 15.1 Å². The number of nitrogens with zero attached hydrogens (tertiary/aromatic N) is 6. The number of ketones is 1. The molecule has 3 aliphatic heterocycles. The Balaban J connectivity index is 0. The zero-order valence-corrected chi connectivity index (χ0v) is 52.6. The third kappa shape index (κ3) is 29.9. The van der Waals surface area contributed by atoms with Crippen molar-refractivity contribution >= 4 is 91.0 Å². The molecule has 27 nitrogen and oxygen atoms in total. The maximum Gasteiger partial charge on any atom is 1.00 e. The van der Waals surface area contributed by atoms with Gasteiger partial charge in [-0.25, -0.2) is 24.4 Å². The number of nitrogens with two attached hydrogens (primary N) is 1. The number of Topliss-reactive ketones (excluding diaryl/α,β-unsaturated/α-hetero) is 1. The summed E-state index contributed by atoms with van der Waals surface area (Å²) in [6.07, 6.45) is 4.50. The Labute approximate surface area is 492 Å². The number of fused-ring (bicyclic) bond motifs is 2. The quantitative estimate of drug-likeness (QED) is 0.0233. The van der Waals surface area contributed by atoms with Crippen LogP contribution in [0.1, 0.15) is 98.2 Å². The summed E-state index contributed by atoms with van der Waals surface area (Å²) in [4.78, 5) is 90.6. The molecule has 79 heavy (non-hydrogen) atoms. The van der Waals surface area contributed by atoms with Crippen LogP contribution >= 0.6 is 35.3 Å². The summed E-state index contributed by atoms with van der Waals surface area (Å²) in [5.41, 5.74) is -1.05. The molecule has 2 aromatic rings. The topological polar surface area (TPSA) is 394 Å². The van der Waals surface area contributed by atoms with Crippen LogP contribution in [0.2, 0.25) is 0 Å². The standard InChI is InChI=1S/C14H18F3N3O5S2.C13H19N3O3S.C13H21NO5.C2H6N2S.CH3O.Na.H2O4S/c1-13(2,3)24-12(21)20-6-5-8-9(7-20)18-11(26-4)19-10(8)25-27(22,23)14(15,16)17;1-13(2,3)19-12(18)16-6-5-8-9(7-16)14-11(20-4)15-10(8)17;1-5-18-11(16)9-6-7-14(8-10(9)15)12(17)19-13(2,3)4;1-5-2(3)4;1-2;;1-5(2,3)4/h5-7H2,1-4H3;5-7H2,1-4H3,(H,14,15,17);9H,5-8H2,1-4H3;1H3,(H3,3,4);1H3;;(H2,1,2,3,4)/q;;;;-1;+1;. The van der Waals surface area contributed by atoms with Gasteiger partial charge in [0.05, 0.1) is 37.6 Å². The van der Waals surface area contributed by atoms with E-state index >= 15 is 0 Å². The van der Waals surface area contributed by atoms with Gasteiger partial charge in [0, 0.05) is 30.8 Å². The van der Waals surface area contributed by atoms with Crippen molar-refractivity contribution in [3.8, 4) is 5.88 Å². The minimum atomic E-state index is -5.87. The second kappa shape index (κ2) is 33.7. The molecular formula is C43H69F3N9NaO18S5. The maximum atomic E-state index is 12.6. The van der Waals surface area contributed by atoms with Crippen molar-refractivity contribution in [2.24, 2.45) is 11.7 Å². The molecule has 1 atom stereocenters. The molecule has 5 rings (SSSR count). The molecule has 5 heterocycles. The average Bonchev–Trinajstić information content (AvgIpc) is 3.29. The number of aromatic nitrogens is 4. The second-order valence-electron chi connectivity index (χ2n) is 18.7. The fraction of sp³-hybridized carbons (Fsp3) is 0.674. The van der Waals surface area contributed by atoms with Crippen molar-refractivity contribution in [1.29, 1.82) is 5.41 Å². The molecular weight excluding hydrogens is 1170 g/mol. The Morgan fingerprint density at radius 2 is 1.15 bits per heavy atom. The number of carbonyl (C=O) groups is 5. The van der Waals surface area contributed by atoms with Gasteiger partial charge in [-0.2, -0.15) is 42.1 Å². The van der Waals surface area contributed by atoms with E-state index in [1.54, 1.807) is 65.9 Å². The Morgan fingerprint density at radius 3 is 1.51 bits per heavy atom. The molecule has 1 fully saturated rings. The predicted molar refractivity (Wildman–Crippen MR) is 280 cm³/mol. The van der Waals surface area contributed by atoms with Crippen molar-refractivity contribution in [3.05, 3.63) is 32.9 Å². The fourth-order valence-corrected chi connectivity index (χ4v) is 7.17. The first kappa shape index (κ1) is 76.9. The SMILES string of the molecule is CCOC(=O)C1CCN(C(=O)OC(C)(C)C)CC1=O.CSC(=N)N.CSc1nc2c(c(=O)[nH]1)CCN(C(=O)OC(C)(C)C)C2.CSc1nc2c(c(OS(=O)(=O)C(F)(F)F)n1)CCN(C(=O)OC(C)(C)C)C2.C[O-].O=S(=O)(O)O.[Na+]. The fourth-order valence-electron chi connectivity index (χ4n) is 5.96. The first-order valence-corrected chi connectivity index (χ1v) is 29.2. The van der Waals surface area contributed by atoms with Gasteiger partial charge >= 0.3 is 79.8 Å². The summed E-state index contributed by atoms with van der Waals surface area (Å²) in [5.74, 6) is -2.23. The third-order valence-corrected chi connectivity index (χ3v) is 11.6. The first-order chi connectivity index (χ1) is 35.5. The molecule has 1 saturated heterocycles. The molecule has 0 aliphatic carbocycles. The summed E-state index contributed by atoms with van der Waals surface area (Å²) >= 11 is 3.61. The van der Waals surface area contributed by atoms with Crippen molar-refractivity contribution in [2.75, 3.05) is 58.7 Å². The van der Waals surface area contributed by atoms with Gasteiger partial charge in [0.2, 0.25) is 5.88 Å². The number of hydrogen-bond donors (Lipinski definition) is 5. The molecule has 3 aliphatic rings. The summed E-state index contributed by atoms with van der Waals surface area (Å²) in [7, 11) is -9.78. The number of amidine groups is 1. The van der Waals surface area contributed by atoms with Crippen LogP contribution in [0, 0.1) is 11.3 Å². The van der Waals surface area contributed by atoms with E-state index in [4.69, 9.17) is 52.7 Å². The minimum Gasteiger partial charge on any atom is -0.857 e. The molecule has 0 aromatic carbocycles. The normalized spacial score (nSPS) is 15.1. The molecule has 446 valence electrons. The number of rotatable bonds is 6. The Hall–Kier alpha value is -4.20. The number of carbonyl (C=O) groups excluding carboxylic acids is 5. The van der Waals surface area contributed by atoms with Gasteiger partial charge in [0.1, 0.15) is 22.7 Å². The van der Waals surface area contributed by atoms with Crippen LogP contribution in [0.25, 0.3) is 0 Å². The molecule has 6 N–H and O–H groups in total. The summed E-state index contributed by atoms with van der Waals surface area (Å²) < 4.78 is 117. The van der Waals surface area contributed by atoms with Crippen molar-refractivity contribution in [3.63, 3.8) is 0 Å². The number of nitrogens with one attached hydrogen (secondary N) is 2. The molecule has 1 unspecified atom stereocenters. The smallest absolute Gasteiger partial charge is 0.857 e. The van der Waals surface area contributed by atoms with E-state index in [9.17, 15) is 50.4 Å². The molecule has 36 heteroatoms. The van der Waals surface area contributed by atoms with Crippen LogP contribution in [-0.4, -0.2) is 177 Å². The predicted octanol–water partition coefficient (Wildman–Crippen LogP) is 1.45. The zero-order valence-electron chi connectivity index (χ0n) is 46.5. The van der Waals surface area contributed by atoms with E-state index in [0.29, 0.717) is 42.5 Å². The van der Waals surface area contributed by atoms with Crippen LogP contribution in [0.5, 0.6) is 5.88 Å². The second-order valence-corrected chi connectivity index (χ2v) is 23.6. The monoisotopic (exact) mass is 1240 g/mol. The third-order valence-electron chi connectivity index (χ3n) is 9.08. The van der Waals surface area contributed by atoms with E-state index in [2.05, 4.69) is 24.1 Å². The van der Waals surface area contributed by atoms with E-state index in [1.165, 1.54) is 33.3 Å². The summed E-state index contributed by atoms with van der Waals surface area (Å²) in [6, 6.07) is 0. The van der Waals surface area contributed by atoms with Crippen LogP contribution in [0.4, 0.5) is 27.6 Å². The largest absolute Gasteiger partial charge is 1.00 e. The average molecular weight is 1240 g/mol. The number of H-pyrrole nitrogens is 1. The number of piperidine rings is 1. The number of ether oxygens (including phenoxy) is 4. The van der Waals surface area contributed by atoms with E-state index < -0.39 is 72.8 Å². The number of likely N-dealkylation sites (tertiary alicyclic amines) is 1. The van der Waals surface area contributed by atoms with Crippen LogP contribution in [-0.2, 0) is 75.0 Å². The summed E-state index contributed by atoms with van der Waals surface area (Å²) in [5, 5.41) is 15.5. The van der Waals surface area contributed by atoms with Gasteiger partial charge in [-0.05, 0) is 107 Å². The number of thioether (sulfide) groups is 3. The molecule has 0 radical (unpaired) electrons. The minimum absolute atomic E-state index is 0. The number of hydrogen-bond acceptors (Lipinski definition) is 23.